The van der Waals surface area contributed by atoms with Crippen molar-refractivity contribution in [3.05, 3.63) is 56.7 Å². The normalized spacial score (nSPS) is 10.9. The molecule has 134 valence electrons. The maximum Gasteiger partial charge on any atom is 0.357 e. The van der Waals surface area contributed by atoms with Crippen molar-refractivity contribution in [2.24, 2.45) is 0 Å². The first-order valence-electron chi connectivity index (χ1n) is 7.28. The first-order chi connectivity index (χ1) is 12.3. The van der Waals surface area contributed by atoms with Crippen LogP contribution in [0.3, 0.4) is 0 Å². The first kappa shape index (κ1) is 18.4. The Hall–Kier alpha value is -2.35. The van der Waals surface area contributed by atoms with E-state index in [1.807, 2.05) is 0 Å². The quantitative estimate of drug-likeness (QED) is 0.617. The second kappa shape index (κ2) is 7.11. The van der Waals surface area contributed by atoms with Crippen molar-refractivity contribution in [2.45, 2.75) is 6.42 Å². The molecule has 0 bridgehead atoms. The van der Waals surface area contributed by atoms with Crippen LogP contribution >= 0.6 is 34.8 Å². The molecule has 26 heavy (non-hydrogen) atoms. The standard InChI is InChI=1S/C16H11Cl3N4O3/c1-20-10-2-3-11(23-14(19)13(16(25)26)22-15(10)23)12(24)4-7-8(17)5-21-6-9(7)18/h2-3,5-6,20H,4H2,1H3,(H,25,26). The molecule has 3 heterocycles. The Labute approximate surface area is 162 Å². The van der Waals surface area contributed by atoms with Crippen molar-refractivity contribution in [1.29, 1.82) is 0 Å². The smallest absolute Gasteiger partial charge is 0.357 e. The molecule has 10 heteroatoms. The minimum Gasteiger partial charge on any atom is -0.476 e. The number of rotatable bonds is 5. The summed E-state index contributed by atoms with van der Waals surface area (Å²) in [5.41, 5.74) is 0.994. The number of hydrogen-bond acceptors (Lipinski definition) is 5. The van der Waals surface area contributed by atoms with Crippen molar-refractivity contribution >= 4 is 57.9 Å². The summed E-state index contributed by atoms with van der Waals surface area (Å²) in [5.74, 6) is -1.65. The third-order valence-corrected chi connectivity index (χ3v) is 4.76. The van der Waals surface area contributed by atoms with Gasteiger partial charge in [0.05, 0.1) is 21.4 Å². The van der Waals surface area contributed by atoms with E-state index in [1.165, 1.54) is 22.9 Å². The van der Waals surface area contributed by atoms with Gasteiger partial charge in [0.25, 0.3) is 0 Å². The predicted molar refractivity (Wildman–Crippen MR) is 99.0 cm³/mol. The van der Waals surface area contributed by atoms with E-state index >= 15 is 0 Å². The van der Waals surface area contributed by atoms with Crippen molar-refractivity contribution in [1.82, 2.24) is 14.4 Å². The number of nitrogens with zero attached hydrogens (tertiary/aromatic N) is 3. The minimum atomic E-state index is -1.29. The van der Waals surface area contributed by atoms with E-state index in [0.29, 0.717) is 11.3 Å². The SMILES string of the molecule is CNc1ccc(C(=O)Cc2c(Cl)cncc2Cl)n2c(Cl)c(C(=O)O)nc12. The monoisotopic (exact) mass is 412 g/mol. The van der Waals surface area contributed by atoms with E-state index in [9.17, 15) is 14.7 Å². The zero-order valence-corrected chi connectivity index (χ0v) is 15.5. The van der Waals surface area contributed by atoms with Gasteiger partial charge in [-0.15, -0.1) is 0 Å². The highest BCUT2D eigenvalue weighted by molar-refractivity contribution is 6.36. The lowest BCUT2D eigenvalue weighted by atomic mass is 10.1. The zero-order valence-electron chi connectivity index (χ0n) is 13.3. The summed E-state index contributed by atoms with van der Waals surface area (Å²) in [6.07, 6.45) is 2.68. The number of aromatic carboxylic acids is 1. The fourth-order valence-electron chi connectivity index (χ4n) is 2.52. The number of aromatic nitrogens is 3. The molecule has 0 unspecified atom stereocenters. The summed E-state index contributed by atoms with van der Waals surface area (Å²) < 4.78 is 1.29. The molecule has 0 radical (unpaired) electrons. The molecular formula is C16H11Cl3N4O3. The van der Waals surface area contributed by atoms with E-state index in [2.05, 4.69) is 15.3 Å². The number of pyridine rings is 2. The van der Waals surface area contributed by atoms with Crippen LogP contribution in [0.4, 0.5) is 5.69 Å². The second-order valence-corrected chi connectivity index (χ2v) is 6.45. The third-order valence-electron chi connectivity index (χ3n) is 3.76. The highest BCUT2D eigenvalue weighted by Gasteiger charge is 2.23. The fraction of sp³-hybridized carbons (Fsp3) is 0.125. The number of fused-ring (bicyclic) bond motifs is 1. The number of carbonyl (C=O) groups is 2. The number of carboxylic acids is 1. The van der Waals surface area contributed by atoms with Crippen LogP contribution in [-0.4, -0.2) is 38.3 Å². The molecule has 0 atom stereocenters. The Kier molecular flexibility index (Phi) is 5.04. The molecule has 3 aromatic heterocycles. The number of imidazole rings is 1. The van der Waals surface area contributed by atoms with Crippen molar-refractivity contribution in [3.8, 4) is 0 Å². The fourth-order valence-corrected chi connectivity index (χ4v) is 3.31. The zero-order chi connectivity index (χ0) is 19.0. The molecule has 0 saturated carbocycles. The van der Waals surface area contributed by atoms with E-state index in [-0.39, 0.29) is 44.4 Å². The van der Waals surface area contributed by atoms with Crippen molar-refractivity contribution in [2.75, 3.05) is 12.4 Å². The predicted octanol–water partition coefficient (Wildman–Crippen LogP) is 3.85. The molecule has 7 nitrogen and oxygen atoms in total. The Morgan fingerprint density at radius 1 is 1.19 bits per heavy atom. The van der Waals surface area contributed by atoms with Crippen molar-refractivity contribution < 1.29 is 14.7 Å². The molecule has 0 spiro atoms. The van der Waals surface area contributed by atoms with Gasteiger partial charge in [-0.3, -0.25) is 14.2 Å². The lowest BCUT2D eigenvalue weighted by Crippen LogP contribution is -2.11. The van der Waals surface area contributed by atoms with Gasteiger partial charge in [-0.1, -0.05) is 34.8 Å². The van der Waals surface area contributed by atoms with Gasteiger partial charge in [0.2, 0.25) is 0 Å². The summed E-state index contributed by atoms with van der Waals surface area (Å²) in [4.78, 5) is 32.1. The average molecular weight is 414 g/mol. The molecule has 3 aromatic rings. The highest BCUT2D eigenvalue weighted by Crippen LogP contribution is 2.28. The summed E-state index contributed by atoms with van der Waals surface area (Å²) in [7, 11) is 1.65. The molecule has 0 aromatic carbocycles. The lowest BCUT2D eigenvalue weighted by Gasteiger charge is -2.10. The number of carbonyl (C=O) groups excluding carboxylic acids is 1. The van der Waals surface area contributed by atoms with Crippen LogP contribution in [0.15, 0.2) is 24.5 Å². The number of hydrogen-bond donors (Lipinski definition) is 2. The molecule has 0 aliphatic rings. The Balaban J connectivity index is 2.16. The Morgan fingerprint density at radius 3 is 2.42 bits per heavy atom. The van der Waals surface area contributed by atoms with Gasteiger partial charge in [-0.2, -0.15) is 0 Å². The van der Waals surface area contributed by atoms with Gasteiger partial charge in [0, 0.05) is 31.4 Å². The minimum absolute atomic E-state index is 0.106. The van der Waals surface area contributed by atoms with Crippen LogP contribution in [-0.2, 0) is 6.42 Å². The molecule has 3 rings (SSSR count). The van der Waals surface area contributed by atoms with E-state index in [0.717, 1.165) is 0 Å². The van der Waals surface area contributed by atoms with E-state index < -0.39 is 5.97 Å². The number of carboxylic acid groups (broad SMARTS) is 1. The number of nitrogens with one attached hydrogen (secondary N) is 1. The number of halogens is 3. The van der Waals surface area contributed by atoms with Crippen molar-refractivity contribution in [3.63, 3.8) is 0 Å². The summed E-state index contributed by atoms with van der Waals surface area (Å²) >= 11 is 18.3. The Bertz CT molecular complexity index is 1030. The number of Topliss-reactive ketones (excluding diaryl/α,β-unsaturated/α-hetero) is 1. The maximum atomic E-state index is 12.9. The van der Waals surface area contributed by atoms with Crippen LogP contribution in [0.1, 0.15) is 26.5 Å². The lowest BCUT2D eigenvalue weighted by molar-refractivity contribution is 0.0691. The second-order valence-electron chi connectivity index (χ2n) is 5.28. The van der Waals surface area contributed by atoms with Crippen LogP contribution < -0.4 is 5.32 Å². The molecule has 2 N–H and O–H groups in total. The summed E-state index contributed by atoms with van der Waals surface area (Å²) in [6.45, 7) is 0. The van der Waals surface area contributed by atoms with E-state index in [1.54, 1.807) is 13.1 Å². The molecular weight excluding hydrogens is 403 g/mol. The van der Waals surface area contributed by atoms with Crippen LogP contribution in [0.2, 0.25) is 15.2 Å². The van der Waals surface area contributed by atoms with Crippen LogP contribution in [0.25, 0.3) is 5.65 Å². The van der Waals surface area contributed by atoms with E-state index in [4.69, 9.17) is 34.8 Å². The average Bonchev–Trinajstić information content (AvgIpc) is 2.95. The van der Waals surface area contributed by atoms with Gasteiger partial charge in [-0.25, -0.2) is 9.78 Å². The van der Waals surface area contributed by atoms with Crippen LogP contribution in [0.5, 0.6) is 0 Å². The van der Waals surface area contributed by atoms with Gasteiger partial charge in [-0.05, 0) is 12.1 Å². The molecule has 0 amide bonds. The maximum absolute atomic E-state index is 12.9. The summed E-state index contributed by atoms with van der Waals surface area (Å²) in [6, 6.07) is 3.15. The number of anilines is 1. The Morgan fingerprint density at radius 2 is 1.85 bits per heavy atom. The third kappa shape index (κ3) is 3.09. The van der Waals surface area contributed by atoms with Gasteiger partial charge in [0.1, 0.15) is 5.15 Å². The largest absolute Gasteiger partial charge is 0.476 e. The summed E-state index contributed by atoms with van der Waals surface area (Å²) in [5, 5.41) is 12.5. The molecule has 0 aliphatic heterocycles. The molecule has 0 saturated heterocycles. The molecule has 0 aliphatic carbocycles. The topological polar surface area (TPSA) is 96.6 Å². The molecule has 0 fully saturated rings. The van der Waals surface area contributed by atoms with Gasteiger partial charge >= 0.3 is 5.97 Å². The van der Waals surface area contributed by atoms with Crippen LogP contribution in [0, 0.1) is 0 Å². The number of ketones is 1. The first-order valence-corrected chi connectivity index (χ1v) is 8.41. The van der Waals surface area contributed by atoms with Gasteiger partial charge in [0.15, 0.2) is 17.1 Å². The highest BCUT2D eigenvalue weighted by atomic mass is 35.5. The van der Waals surface area contributed by atoms with Gasteiger partial charge < -0.3 is 10.4 Å².